The van der Waals surface area contributed by atoms with E-state index in [9.17, 15) is 4.79 Å². The molecule has 0 unspecified atom stereocenters. The minimum atomic E-state index is -0.878. The molecule has 1 N–H and O–H groups in total. The molecule has 2 aromatic rings. The van der Waals surface area contributed by atoms with Crippen molar-refractivity contribution in [2.24, 2.45) is 0 Å². The normalized spacial score (nSPS) is 11.1. The topological polar surface area (TPSA) is 37.3 Å². The molecular weight excluding hydrogens is 428 g/mol. The lowest BCUT2D eigenvalue weighted by molar-refractivity contribution is 0.0697. The van der Waals surface area contributed by atoms with Crippen LogP contribution in [-0.2, 0) is 6.42 Å². The lowest BCUT2D eigenvalue weighted by Crippen LogP contribution is -1.95. The molecule has 0 heterocycles. The summed E-state index contributed by atoms with van der Waals surface area (Å²) in [7, 11) is 0. The predicted molar refractivity (Wildman–Crippen MR) is 151 cm³/mol. The van der Waals surface area contributed by atoms with Gasteiger partial charge in [0.2, 0.25) is 0 Å². The fourth-order valence-electron chi connectivity index (χ4n) is 4.90. The first-order valence-electron chi connectivity index (χ1n) is 14.6. The van der Waals surface area contributed by atoms with Crippen molar-refractivity contribution in [3.05, 3.63) is 59.7 Å². The van der Waals surface area contributed by atoms with Crippen LogP contribution in [0.4, 0.5) is 0 Å². The van der Waals surface area contributed by atoms with Gasteiger partial charge in [-0.3, -0.25) is 0 Å². The van der Waals surface area contributed by atoms with Crippen molar-refractivity contribution >= 4 is 5.97 Å². The van der Waals surface area contributed by atoms with Crippen LogP contribution in [0, 0.1) is 0 Å². The SMILES string of the molecule is CCCCCCCCCCCCCCCCCCCCc1ccc(-c2ccc(C(=O)O)cc2)cc1. The molecule has 0 aliphatic rings. The number of aromatic carboxylic acids is 1. The minimum absolute atomic E-state index is 0.333. The largest absolute Gasteiger partial charge is 0.478 e. The first-order chi connectivity index (χ1) is 17.2. The van der Waals surface area contributed by atoms with Crippen molar-refractivity contribution in [3.63, 3.8) is 0 Å². The Hall–Kier alpha value is -2.09. The molecule has 0 atom stereocenters. The predicted octanol–water partition coefficient (Wildman–Crippen LogP) is 10.6. The van der Waals surface area contributed by atoms with Gasteiger partial charge in [0.1, 0.15) is 0 Å². The number of carboxylic acids is 1. The van der Waals surface area contributed by atoms with Crippen molar-refractivity contribution < 1.29 is 9.90 Å². The Kier molecular flexibility index (Phi) is 15.9. The fraction of sp³-hybridized carbons (Fsp3) is 0.606. The zero-order chi connectivity index (χ0) is 25.0. The van der Waals surface area contributed by atoms with E-state index in [4.69, 9.17) is 5.11 Å². The van der Waals surface area contributed by atoms with E-state index in [-0.39, 0.29) is 0 Å². The van der Waals surface area contributed by atoms with Crippen molar-refractivity contribution in [2.75, 3.05) is 0 Å². The number of carboxylic acid groups (broad SMARTS) is 1. The first kappa shape index (κ1) is 29.1. The molecular formula is C33H50O2. The average molecular weight is 479 g/mol. The van der Waals surface area contributed by atoms with Crippen LogP contribution in [0.3, 0.4) is 0 Å². The Bertz CT molecular complexity index is 776. The monoisotopic (exact) mass is 478 g/mol. The van der Waals surface area contributed by atoms with Gasteiger partial charge in [0.15, 0.2) is 0 Å². The third-order valence-electron chi connectivity index (χ3n) is 7.24. The van der Waals surface area contributed by atoms with Gasteiger partial charge in [-0.1, -0.05) is 152 Å². The standard InChI is InChI=1S/C33H50O2/c1-2-3-4-5-6-7-8-9-10-11-12-13-14-15-16-17-18-19-20-29-21-23-30(24-22-29)31-25-27-32(28-26-31)33(34)35/h21-28H,2-20H2,1H3,(H,34,35). The fourth-order valence-corrected chi connectivity index (χ4v) is 4.90. The average Bonchev–Trinajstić information content (AvgIpc) is 2.88. The van der Waals surface area contributed by atoms with Crippen LogP contribution in [0.2, 0.25) is 0 Å². The molecule has 2 heteroatoms. The summed E-state index contributed by atoms with van der Waals surface area (Å²) in [5.74, 6) is -0.878. The minimum Gasteiger partial charge on any atom is -0.478 e. The van der Waals surface area contributed by atoms with E-state index in [0.29, 0.717) is 5.56 Å². The van der Waals surface area contributed by atoms with Crippen LogP contribution in [0.5, 0.6) is 0 Å². The van der Waals surface area contributed by atoms with E-state index in [1.165, 1.54) is 121 Å². The molecule has 2 nitrogen and oxygen atoms in total. The van der Waals surface area contributed by atoms with Crippen LogP contribution in [0.15, 0.2) is 48.5 Å². The molecule has 0 aromatic heterocycles. The van der Waals surface area contributed by atoms with Gasteiger partial charge in [0.25, 0.3) is 0 Å². The number of aryl methyl sites for hydroxylation is 1. The van der Waals surface area contributed by atoms with E-state index in [2.05, 4.69) is 31.2 Å². The second-order valence-electron chi connectivity index (χ2n) is 10.3. The zero-order valence-electron chi connectivity index (χ0n) is 22.4. The molecule has 0 fully saturated rings. The number of benzene rings is 2. The highest BCUT2D eigenvalue weighted by molar-refractivity contribution is 5.88. The Morgan fingerprint density at radius 1 is 0.514 bits per heavy atom. The maximum atomic E-state index is 11.0. The summed E-state index contributed by atoms with van der Waals surface area (Å²) in [4.78, 5) is 11.0. The van der Waals surface area contributed by atoms with E-state index >= 15 is 0 Å². The molecule has 0 bridgehead atoms. The summed E-state index contributed by atoms with van der Waals surface area (Å²) in [5, 5.41) is 9.03. The van der Waals surface area contributed by atoms with Crippen LogP contribution in [0.1, 0.15) is 138 Å². The molecule has 2 rings (SSSR count). The summed E-state index contributed by atoms with van der Waals surface area (Å²) >= 11 is 0. The van der Waals surface area contributed by atoms with Gasteiger partial charge in [0, 0.05) is 0 Å². The van der Waals surface area contributed by atoms with Gasteiger partial charge in [-0.25, -0.2) is 4.79 Å². The lowest BCUT2D eigenvalue weighted by atomic mass is 10.00. The number of rotatable bonds is 21. The maximum Gasteiger partial charge on any atom is 0.335 e. The first-order valence-corrected chi connectivity index (χ1v) is 14.6. The van der Waals surface area contributed by atoms with Crippen LogP contribution in [-0.4, -0.2) is 11.1 Å². The summed E-state index contributed by atoms with van der Waals surface area (Å²) < 4.78 is 0. The molecule has 0 spiro atoms. The van der Waals surface area contributed by atoms with Gasteiger partial charge in [-0.05, 0) is 41.7 Å². The molecule has 194 valence electrons. The van der Waals surface area contributed by atoms with Crippen molar-refractivity contribution in [1.82, 2.24) is 0 Å². The Morgan fingerprint density at radius 2 is 0.857 bits per heavy atom. The smallest absolute Gasteiger partial charge is 0.335 e. The second-order valence-corrected chi connectivity index (χ2v) is 10.3. The van der Waals surface area contributed by atoms with Gasteiger partial charge in [-0.15, -0.1) is 0 Å². The number of carbonyl (C=O) groups is 1. The van der Waals surface area contributed by atoms with Crippen LogP contribution in [0.25, 0.3) is 11.1 Å². The van der Waals surface area contributed by atoms with Crippen LogP contribution >= 0.6 is 0 Å². The molecule has 0 saturated heterocycles. The summed E-state index contributed by atoms with van der Waals surface area (Å²) in [5.41, 5.74) is 3.94. The van der Waals surface area contributed by atoms with E-state index in [1.807, 2.05) is 12.1 Å². The molecule has 0 radical (unpaired) electrons. The van der Waals surface area contributed by atoms with E-state index in [0.717, 1.165) is 17.5 Å². The molecule has 2 aromatic carbocycles. The highest BCUT2D eigenvalue weighted by Crippen LogP contribution is 2.21. The highest BCUT2D eigenvalue weighted by Gasteiger charge is 2.03. The third kappa shape index (κ3) is 13.5. The molecule has 0 aliphatic carbocycles. The zero-order valence-corrected chi connectivity index (χ0v) is 22.4. The van der Waals surface area contributed by atoms with Crippen molar-refractivity contribution in [1.29, 1.82) is 0 Å². The Morgan fingerprint density at radius 3 is 1.23 bits per heavy atom. The molecule has 0 saturated carbocycles. The summed E-state index contributed by atoms with van der Waals surface area (Å²) in [6.45, 7) is 2.29. The molecule has 0 aliphatic heterocycles. The highest BCUT2D eigenvalue weighted by atomic mass is 16.4. The molecule has 35 heavy (non-hydrogen) atoms. The van der Waals surface area contributed by atoms with Gasteiger partial charge < -0.3 is 5.11 Å². The van der Waals surface area contributed by atoms with Gasteiger partial charge in [0.05, 0.1) is 5.56 Å². The van der Waals surface area contributed by atoms with Gasteiger partial charge in [-0.2, -0.15) is 0 Å². The number of unbranched alkanes of at least 4 members (excludes halogenated alkanes) is 17. The van der Waals surface area contributed by atoms with Crippen LogP contribution < -0.4 is 0 Å². The van der Waals surface area contributed by atoms with E-state index in [1.54, 1.807) is 12.1 Å². The Balaban J connectivity index is 1.39. The number of hydrogen-bond donors (Lipinski definition) is 1. The third-order valence-corrected chi connectivity index (χ3v) is 7.24. The van der Waals surface area contributed by atoms with E-state index < -0.39 is 5.97 Å². The molecule has 0 amide bonds. The quantitative estimate of drug-likeness (QED) is 0.181. The lowest BCUT2D eigenvalue weighted by Gasteiger charge is -2.06. The number of hydrogen-bond acceptors (Lipinski definition) is 1. The second kappa shape index (κ2) is 19.1. The summed E-state index contributed by atoms with van der Waals surface area (Å²) in [6.07, 6.45) is 26.6. The summed E-state index contributed by atoms with van der Waals surface area (Å²) in [6, 6.07) is 15.8. The maximum absolute atomic E-state index is 11.0. The van der Waals surface area contributed by atoms with Crippen molar-refractivity contribution in [3.8, 4) is 11.1 Å². The Labute approximate surface area is 215 Å². The van der Waals surface area contributed by atoms with Crippen molar-refractivity contribution in [2.45, 2.75) is 129 Å². The van der Waals surface area contributed by atoms with Gasteiger partial charge >= 0.3 is 5.97 Å².